The quantitative estimate of drug-likeness (QED) is 0.231. The molecule has 0 aromatic heterocycles. The minimum Gasteiger partial charge on any atom is -0.355 e. The molecule has 0 aliphatic rings. The molecule has 224 valence electrons. The van der Waals surface area contributed by atoms with E-state index in [1.807, 2.05) is 94.4 Å². The molecule has 1 atom stereocenters. The molecule has 4 aromatic carbocycles. The fourth-order valence-corrected chi connectivity index (χ4v) is 6.55. The molecule has 0 saturated heterocycles. The van der Waals surface area contributed by atoms with E-state index in [4.69, 9.17) is 0 Å². The van der Waals surface area contributed by atoms with Crippen molar-refractivity contribution in [2.75, 3.05) is 17.4 Å². The van der Waals surface area contributed by atoms with Gasteiger partial charge < -0.3 is 10.2 Å². The number of nitrogens with zero attached hydrogens (tertiary/aromatic N) is 2. The maximum atomic E-state index is 14.4. The molecule has 4 aromatic rings. The molecule has 8 heteroatoms. The first-order chi connectivity index (χ1) is 20.6. The number of amides is 2. The molecular weight excluding hydrogens is 558 g/mol. The van der Waals surface area contributed by atoms with E-state index in [1.54, 1.807) is 24.3 Å². The highest BCUT2D eigenvalue weighted by Gasteiger charge is 2.34. The summed E-state index contributed by atoms with van der Waals surface area (Å²) in [6.45, 7) is 7.64. The van der Waals surface area contributed by atoms with Gasteiger partial charge in [-0.25, -0.2) is 8.42 Å². The molecular formula is C35H39N3O4S. The summed E-state index contributed by atoms with van der Waals surface area (Å²) in [7, 11) is -4.13. The Morgan fingerprint density at radius 2 is 1.37 bits per heavy atom. The van der Waals surface area contributed by atoms with Crippen LogP contribution in [0.2, 0.25) is 0 Å². The van der Waals surface area contributed by atoms with Gasteiger partial charge in [-0.3, -0.25) is 13.9 Å². The minimum absolute atomic E-state index is 0.0809. The number of benzene rings is 4. The molecule has 43 heavy (non-hydrogen) atoms. The number of carbonyl (C=O) groups excluding carboxylic acids is 2. The summed E-state index contributed by atoms with van der Waals surface area (Å²) in [6.07, 6.45) is 0.277. The van der Waals surface area contributed by atoms with E-state index >= 15 is 0 Å². The third kappa shape index (κ3) is 7.90. The molecule has 0 unspecified atom stereocenters. The van der Waals surface area contributed by atoms with Crippen molar-refractivity contribution in [2.24, 2.45) is 0 Å². The lowest BCUT2D eigenvalue weighted by atomic mass is 10.0. The summed E-state index contributed by atoms with van der Waals surface area (Å²) in [4.78, 5) is 29.6. The first-order valence-corrected chi connectivity index (χ1v) is 15.9. The number of nitrogens with one attached hydrogen (secondary N) is 1. The smallest absolute Gasteiger partial charge is 0.264 e. The molecule has 0 aliphatic heterocycles. The van der Waals surface area contributed by atoms with Crippen molar-refractivity contribution in [2.45, 2.75) is 51.6 Å². The van der Waals surface area contributed by atoms with Gasteiger partial charge in [0.05, 0.1) is 10.6 Å². The molecule has 0 bridgehead atoms. The Labute approximate surface area is 255 Å². The maximum absolute atomic E-state index is 14.4. The van der Waals surface area contributed by atoms with Crippen LogP contribution in [0.5, 0.6) is 0 Å². The number of anilines is 1. The number of sulfonamides is 1. The highest BCUT2D eigenvalue weighted by Crippen LogP contribution is 2.28. The summed E-state index contributed by atoms with van der Waals surface area (Å²) in [6, 6.07) is 30.0. The van der Waals surface area contributed by atoms with Crippen LogP contribution in [-0.4, -0.2) is 44.3 Å². The lowest BCUT2D eigenvalue weighted by molar-refractivity contribution is -0.140. The Morgan fingerprint density at radius 1 is 0.767 bits per heavy atom. The average Bonchev–Trinajstić information content (AvgIpc) is 3.00. The van der Waals surface area contributed by atoms with Gasteiger partial charge in [0.2, 0.25) is 11.8 Å². The van der Waals surface area contributed by atoms with Crippen molar-refractivity contribution in [1.82, 2.24) is 10.2 Å². The summed E-state index contributed by atoms with van der Waals surface area (Å²) >= 11 is 0. The maximum Gasteiger partial charge on any atom is 0.264 e. The molecule has 0 radical (unpaired) electrons. The predicted molar refractivity (Wildman–Crippen MR) is 171 cm³/mol. The van der Waals surface area contributed by atoms with Crippen LogP contribution >= 0.6 is 0 Å². The molecule has 4 rings (SSSR count). The third-order valence-corrected chi connectivity index (χ3v) is 9.10. The van der Waals surface area contributed by atoms with Crippen LogP contribution < -0.4 is 9.62 Å². The van der Waals surface area contributed by atoms with Crippen molar-refractivity contribution in [3.05, 3.63) is 131 Å². The Bertz CT molecular complexity index is 1640. The molecule has 0 spiro atoms. The van der Waals surface area contributed by atoms with E-state index in [0.717, 1.165) is 27.8 Å². The van der Waals surface area contributed by atoms with E-state index in [0.29, 0.717) is 12.2 Å². The van der Waals surface area contributed by atoms with Crippen LogP contribution in [0.3, 0.4) is 0 Å². The third-order valence-electron chi connectivity index (χ3n) is 7.33. The van der Waals surface area contributed by atoms with Crippen LogP contribution in [-0.2, 0) is 32.6 Å². The van der Waals surface area contributed by atoms with Gasteiger partial charge in [-0.05, 0) is 62.6 Å². The zero-order valence-corrected chi connectivity index (χ0v) is 26.0. The van der Waals surface area contributed by atoms with E-state index in [9.17, 15) is 18.0 Å². The molecule has 0 heterocycles. The molecule has 0 aliphatic carbocycles. The second kappa shape index (κ2) is 14.2. The number of hydrogen-bond acceptors (Lipinski definition) is 4. The minimum atomic E-state index is -4.13. The lowest BCUT2D eigenvalue weighted by Crippen LogP contribution is -2.53. The SMILES string of the molecule is CCNC(=O)[C@@H](Cc1ccccc1)N(Cc1ccc(C)cc1)C(=O)CN(c1ccc(C)cc1C)S(=O)(=O)c1ccccc1. The van der Waals surface area contributed by atoms with Gasteiger partial charge in [0, 0.05) is 19.5 Å². The largest absolute Gasteiger partial charge is 0.355 e. The first kappa shape index (κ1) is 31.5. The second-order valence-electron chi connectivity index (χ2n) is 10.7. The highest BCUT2D eigenvalue weighted by atomic mass is 32.2. The van der Waals surface area contributed by atoms with E-state index in [2.05, 4.69) is 5.32 Å². The van der Waals surface area contributed by atoms with Gasteiger partial charge in [-0.1, -0.05) is 96.1 Å². The number of rotatable bonds is 12. The zero-order valence-electron chi connectivity index (χ0n) is 25.2. The van der Waals surface area contributed by atoms with Crippen LogP contribution in [0.25, 0.3) is 0 Å². The topological polar surface area (TPSA) is 86.8 Å². The highest BCUT2D eigenvalue weighted by molar-refractivity contribution is 7.92. The fraction of sp³-hybridized carbons (Fsp3) is 0.257. The summed E-state index contributed by atoms with van der Waals surface area (Å²) in [5.41, 5.74) is 4.91. The van der Waals surface area contributed by atoms with E-state index < -0.39 is 28.5 Å². The molecule has 0 fully saturated rings. The Morgan fingerprint density at radius 3 is 1.98 bits per heavy atom. The number of carbonyl (C=O) groups is 2. The van der Waals surface area contributed by atoms with Gasteiger partial charge in [0.15, 0.2) is 0 Å². The van der Waals surface area contributed by atoms with Gasteiger partial charge >= 0.3 is 0 Å². The summed E-state index contributed by atoms with van der Waals surface area (Å²) in [5.74, 6) is -0.775. The number of likely N-dealkylation sites (N-methyl/N-ethyl adjacent to an activating group) is 1. The van der Waals surface area contributed by atoms with Gasteiger partial charge in [-0.15, -0.1) is 0 Å². The lowest BCUT2D eigenvalue weighted by Gasteiger charge is -2.34. The standard InChI is InChI=1S/C35H39N3O4S/c1-5-36-35(40)33(23-29-12-8-6-9-13-29)37(24-30-19-16-26(2)17-20-30)34(39)25-38(32-21-18-27(3)22-28(32)4)43(41,42)31-14-10-7-11-15-31/h6-22,33H,5,23-25H2,1-4H3,(H,36,40)/t33-/m1/s1. The average molecular weight is 598 g/mol. The monoisotopic (exact) mass is 597 g/mol. The van der Waals surface area contributed by atoms with Crippen LogP contribution in [0.1, 0.15) is 34.7 Å². The van der Waals surface area contributed by atoms with Crippen molar-refractivity contribution in [3.63, 3.8) is 0 Å². The van der Waals surface area contributed by atoms with E-state index in [-0.39, 0.29) is 23.8 Å². The summed E-state index contributed by atoms with van der Waals surface area (Å²) < 4.78 is 29.4. The second-order valence-corrected chi connectivity index (χ2v) is 12.6. The Balaban J connectivity index is 1.81. The Kier molecular flexibility index (Phi) is 10.4. The number of aryl methyl sites for hydroxylation is 3. The normalized spacial score (nSPS) is 11.9. The van der Waals surface area contributed by atoms with Crippen LogP contribution in [0.4, 0.5) is 5.69 Å². The molecule has 7 nitrogen and oxygen atoms in total. The van der Waals surface area contributed by atoms with Crippen molar-refractivity contribution in [1.29, 1.82) is 0 Å². The van der Waals surface area contributed by atoms with Crippen molar-refractivity contribution in [3.8, 4) is 0 Å². The first-order valence-electron chi connectivity index (χ1n) is 14.4. The molecule has 2 amide bonds. The van der Waals surface area contributed by atoms with Crippen LogP contribution in [0.15, 0.2) is 108 Å². The number of hydrogen-bond donors (Lipinski definition) is 1. The summed E-state index contributed by atoms with van der Waals surface area (Å²) in [5, 5.41) is 2.89. The van der Waals surface area contributed by atoms with Gasteiger partial charge in [-0.2, -0.15) is 0 Å². The van der Waals surface area contributed by atoms with E-state index in [1.165, 1.54) is 21.3 Å². The zero-order chi connectivity index (χ0) is 31.0. The molecule has 0 saturated carbocycles. The van der Waals surface area contributed by atoms with Crippen molar-refractivity contribution < 1.29 is 18.0 Å². The van der Waals surface area contributed by atoms with Crippen LogP contribution in [0, 0.1) is 20.8 Å². The fourth-order valence-electron chi connectivity index (χ4n) is 5.05. The van der Waals surface area contributed by atoms with Crippen molar-refractivity contribution >= 4 is 27.5 Å². The Hall–Kier alpha value is -4.43. The van der Waals surface area contributed by atoms with Gasteiger partial charge in [0.1, 0.15) is 12.6 Å². The predicted octanol–water partition coefficient (Wildman–Crippen LogP) is 5.58. The van der Waals surface area contributed by atoms with Gasteiger partial charge in [0.25, 0.3) is 10.0 Å². The molecule has 1 N–H and O–H groups in total.